The molecule has 0 aliphatic rings. The first-order valence-corrected chi connectivity index (χ1v) is 8.48. The van der Waals surface area contributed by atoms with E-state index in [2.05, 4.69) is 19.2 Å². The van der Waals surface area contributed by atoms with Gasteiger partial charge < -0.3 is 11.1 Å². The maximum absolute atomic E-state index is 12.4. The lowest BCUT2D eigenvalue weighted by Gasteiger charge is -2.32. The molecular weight excluding hydrogens is 314 g/mol. The molecule has 0 spiro atoms. The lowest BCUT2D eigenvalue weighted by molar-refractivity contribution is -0.384. The van der Waals surface area contributed by atoms with Crippen molar-refractivity contribution in [1.82, 2.24) is 5.32 Å². The number of nitro groups is 1. The van der Waals surface area contributed by atoms with E-state index >= 15 is 0 Å². The number of nitrogens with two attached hydrogens (primary N) is 1. The first kappa shape index (κ1) is 19.4. The van der Waals surface area contributed by atoms with Crippen molar-refractivity contribution >= 4 is 23.4 Å². The SMILES string of the molecule is CC(C)CC(C)(CN)NC(=O)C(C)Sc1ccc([N+](=O)[O-])cc1. The number of hydrogen-bond acceptors (Lipinski definition) is 5. The van der Waals surface area contributed by atoms with Gasteiger partial charge in [-0.2, -0.15) is 0 Å². The zero-order chi connectivity index (χ0) is 17.6. The van der Waals surface area contributed by atoms with Gasteiger partial charge in [0.25, 0.3) is 5.69 Å². The van der Waals surface area contributed by atoms with Crippen LogP contribution in [0.15, 0.2) is 29.2 Å². The second-order valence-corrected chi connectivity index (χ2v) is 7.78. The molecule has 1 aromatic carbocycles. The molecule has 0 aliphatic heterocycles. The van der Waals surface area contributed by atoms with Crippen molar-refractivity contribution < 1.29 is 9.72 Å². The summed E-state index contributed by atoms with van der Waals surface area (Å²) in [6.45, 7) is 8.33. The Morgan fingerprint density at radius 3 is 2.35 bits per heavy atom. The van der Waals surface area contributed by atoms with Crippen LogP contribution in [0, 0.1) is 16.0 Å². The second kappa shape index (κ2) is 8.31. The number of amides is 1. The molecule has 1 rings (SSSR count). The van der Waals surface area contributed by atoms with Crippen molar-refractivity contribution in [2.24, 2.45) is 11.7 Å². The molecule has 0 heterocycles. The predicted octanol–water partition coefficient (Wildman–Crippen LogP) is 2.96. The van der Waals surface area contributed by atoms with Crippen molar-refractivity contribution in [3.63, 3.8) is 0 Å². The first-order chi connectivity index (χ1) is 10.7. The molecule has 0 radical (unpaired) electrons. The highest BCUT2D eigenvalue weighted by Gasteiger charge is 2.28. The topological polar surface area (TPSA) is 98.3 Å². The molecule has 3 N–H and O–H groups in total. The van der Waals surface area contributed by atoms with Gasteiger partial charge in [-0.15, -0.1) is 11.8 Å². The Bertz CT molecular complexity index is 548. The van der Waals surface area contributed by atoms with Gasteiger partial charge in [0.05, 0.1) is 10.2 Å². The highest BCUT2D eigenvalue weighted by molar-refractivity contribution is 8.00. The Labute approximate surface area is 141 Å². The molecule has 6 nitrogen and oxygen atoms in total. The molecule has 0 saturated carbocycles. The highest BCUT2D eigenvalue weighted by Crippen LogP contribution is 2.26. The Kier molecular flexibility index (Phi) is 7.02. The lowest BCUT2D eigenvalue weighted by atomic mass is 9.90. The number of nitrogens with one attached hydrogen (secondary N) is 1. The predicted molar refractivity (Wildman–Crippen MR) is 93.5 cm³/mol. The van der Waals surface area contributed by atoms with Crippen LogP contribution in [0.1, 0.15) is 34.1 Å². The highest BCUT2D eigenvalue weighted by atomic mass is 32.2. The van der Waals surface area contributed by atoms with Gasteiger partial charge in [0.15, 0.2) is 0 Å². The Hall–Kier alpha value is -1.60. The average Bonchev–Trinajstić information content (AvgIpc) is 2.46. The van der Waals surface area contributed by atoms with E-state index in [-0.39, 0.29) is 16.8 Å². The summed E-state index contributed by atoms with van der Waals surface area (Å²) in [5, 5.41) is 13.4. The van der Waals surface area contributed by atoms with Crippen LogP contribution in [-0.4, -0.2) is 28.2 Å². The van der Waals surface area contributed by atoms with Crippen molar-refractivity contribution in [1.29, 1.82) is 0 Å². The largest absolute Gasteiger partial charge is 0.349 e. The van der Waals surface area contributed by atoms with Gasteiger partial charge in [-0.3, -0.25) is 14.9 Å². The third kappa shape index (κ3) is 6.19. The van der Waals surface area contributed by atoms with Gasteiger partial charge in [0.1, 0.15) is 0 Å². The van der Waals surface area contributed by atoms with E-state index in [0.717, 1.165) is 11.3 Å². The zero-order valence-corrected chi connectivity index (χ0v) is 14.9. The van der Waals surface area contributed by atoms with Crippen LogP contribution >= 0.6 is 11.8 Å². The van der Waals surface area contributed by atoms with Crippen LogP contribution in [0.3, 0.4) is 0 Å². The van der Waals surface area contributed by atoms with E-state index in [9.17, 15) is 14.9 Å². The van der Waals surface area contributed by atoms with Gasteiger partial charge in [0, 0.05) is 29.1 Å². The molecule has 23 heavy (non-hydrogen) atoms. The third-order valence-corrected chi connectivity index (χ3v) is 4.58. The van der Waals surface area contributed by atoms with Gasteiger partial charge >= 0.3 is 0 Å². The molecule has 0 fully saturated rings. The fraction of sp³-hybridized carbons (Fsp3) is 0.562. The first-order valence-electron chi connectivity index (χ1n) is 7.60. The zero-order valence-electron chi connectivity index (χ0n) is 14.0. The van der Waals surface area contributed by atoms with Crippen molar-refractivity contribution in [2.45, 2.75) is 49.8 Å². The second-order valence-electron chi connectivity index (χ2n) is 6.36. The van der Waals surface area contributed by atoms with E-state index < -0.39 is 10.5 Å². The minimum absolute atomic E-state index is 0.0408. The molecule has 2 unspecified atom stereocenters. The van der Waals surface area contributed by atoms with Crippen molar-refractivity contribution in [3.05, 3.63) is 34.4 Å². The van der Waals surface area contributed by atoms with Crippen LogP contribution in [0.25, 0.3) is 0 Å². The van der Waals surface area contributed by atoms with Gasteiger partial charge in [0.2, 0.25) is 5.91 Å². The summed E-state index contributed by atoms with van der Waals surface area (Å²) in [5.74, 6) is 0.350. The third-order valence-electron chi connectivity index (χ3n) is 3.46. The molecule has 0 aromatic heterocycles. The molecule has 1 amide bonds. The quantitative estimate of drug-likeness (QED) is 0.431. The number of rotatable bonds is 8. The summed E-state index contributed by atoms with van der Waals surface area (Å²) in [6, 6.07) is 6.19. The minimum Gasteiger partial charge on any atom is -0.349 e. The molecule has 1 aromatic rings. The van der Waals surface area contributed by atoms with E-state index in [4.69, 9.17) is 5.73 Å². The van der Waals surface area contributed by atoms with Gasteiger partial charge in [-0.1, -0.05) is 13.8 Å². The summed E-state index contributed by atoms with van der Waals surface area (Å²) in [7, 11) is 0. The Morgan fingerprint density at radius 1 is 1.35 bits per heavy atom. The number of nitrogens with zero attached hydrogens (tertiary/aromatic N) is 1. The summed E-state index contributed by atoms with van der Waals surface area (Å²) >= 11 is 1.37. The molecule has 128 valence electrons. The van der Waals surface area contributed by atoms with Crippen molar-refractivity contribution in [2.75, 3.05) is 6.54 Å². The number of non-ortho nitro benzene ring substituents is 1. The molecule has 7 heteroatoms. The number of carbonyl (C=O) groups excluding carboxylic acids is 1. The van der Waals surface area contributed by atoms with E-state index in [1.165, 1.54) is 23.9 Å². The van der Waals surface area contributed by atoms with Gasteiger partial charge in [-0.25, -0.2) is 0 Å². The molecule has 0 aliphatic carbocycles. The van der Waals surface area contributed by atoms with E-state index in [1.807, 2.05) is 13.8 Å². The smallest absolute Gasteiger partial charge is 0.269 e. The number of benzene rings is 1. The van der Waals surface area contributed by atoms with Crippen LogP contribution in [0.5, 0.6) is 0 Å². The van der Waals surface area contributed by atoms with Crippen LogP contribution in [-0.2, 0) is 4.79 Å². The summed E-state index contributed by atoms with van der Waals surface area (Å²) in [6.07, 6.45) is 0.810. The Balaban J connectivity index is 2.67. The average molecular weight is 339 g/mol. The van der Waals surface area contributed by atoms with Crippen LogP contribution in [0.4, 0.5) is 5.69 Å². The standard InChI is InChI=1S/C16H25N3O3S/c1-11(2)9-16(4,10-17)18-15(20)12(3)23-14-7-5-13(6-8-14)19(21)22/h5-8,11-12H,9-10,17H2,1-4H3,(H,18,20). The summed E-state index contributed by atoms with van der Waals surface area (Å²) in [4.78, 5) is 23.4. The van der Waals surface area contributed by atoms with E-state index in [1.54, 1.807) is 12.1 Å². The number of nitro benzene ring substituents is 1. The molecule has 2 atom stereocenters. The molecular formula is C16H25N3O3S. The fourth-order valence-corrected chi connectivity index (χ4v) is 3.26. The normalized spacial score (nSPS) is 15.0. The molecule has 0 bridgehead atoms. The van der Waals surface area contributed by atoms with Crippen molar-refractivity contribution in [3.8, 4) is 0 Å². The minimum atomic E-state index is -0.441. The van der Waals surface area contributed by atoms with Crippen LogP contribution < -0.4 is 11.1 Å². The maximum Gasteiger partial charge on any atom is 0.269 e. The number of thioether (sulfide) groups is 1. The fourth-order valence-electron chi connectivity index (χ4n) is 2.39. The monoisotopic (exact) mass is 339 g/mol. The number of carbonyl (C=O) groups is 1. The number of hydrogen-bond donors (Lipinski definition) is 2. The summed E-state index contributed by atoms with van der Waals surface area (Å²) < 4.78 is 0. The Morgan fingerprint density at radius 2 is 1.91 bits per heavy atom. The van der Waals surface area contributed by atoms with Crippen LogP contribution in [0.2, 0.25) is 0 Å². The molecule has 0 saturated heterocycles. The lowest BCUT2D eigenvalue weighted by Crippen LogP contribution is -2.54. The maximum atomic E-state index is 12.4. The summed E-state index contributed by atoms with van der Waals surface area (Å²) in [5.41, 5.74) is 5.44. The van der Waals surface area contributed by atoms with Gasteiger partial charge in [-0.05, 0) is 38.3 Å². The van der Waals surface area contributed by atoms with E-state index in [0.29, 0.717) is 12.5 Å².